The highest BCUT2D eigenvalue weighted by atomic mass is 16.6. The van der Waals surface area contributed by atoms with Gasteiger partial charge in [-0.15, -0.1) is 0 Å². The molecule has 1 aromatic carbocycles. The van der Waals surface area contributed by atoms with Crippen molar-refractivity contribution < 1.29 is 14.8 Å². The molecule has 1 aliphatic rings. The lowest BCUT2D eigenvalue weighted by Gasteiger charge is -2.10. The van der Waals surface area contributed by atoms with Gasteiger partial charge in [0.2, 0.25) is 5.91 Å². The van der Waals surface area contributed by atoms with Gasteiger partial charge in [0.05, 0.1) is 4.92 Å². The molecule has 0 aromatic heterocycles. The van der Waals surface area contributed by atoms with Crippen LogP contribution in [0.3, 0.4) is 0 Å². The minimum absolute atomic E-state index is 0.139. The third-order valence-electron chi connectivity index (χ3n) is 3.04. The number of nitro groups is 1. The van der Waals surface area contributed by atoms with Crippen LogP contribution >= 0.6 is 0 Å². The van der Waals surface area contributed by atoms with Crippen molar-refractivity contribution in [1.29, 1.82) is 0 Å². The molecule has 6 heteroatoms. The van der Waals surface area contributed by atoms with E-state index in [0.29, 0.717) is 0 Å². The number of hydrogen-bond acceptors (Lipinski definition) is 4. The molecule has 6 nitrogen and oxygen atoms in total. The Hall–Kier alpha value is -2.37. The third kappa shape index (κ3) is 3.09. The van der Waals surface area contributed by atoms with Gasteiger partial charge in [-0.3, -0.25) is 14.9 Å². The number of hydrogen-bond donors (Lipinski definition) is 2. The predicted molar refractivity (Wildman–Crippen MR) is 69.9 cm³/mol. The first-order chi connectivity index (χ1) is 9.08. The summed E-state index contributed by atoms with van der Waals surface area (Å²) < 4.78 is 0. The van der Waals surface area contributed by atoms with Gasteiger partial charge >= 0.3 is 0 Å². The first-order valence-corrected chi connectivity index (χ1v) is 6.01. The second-order valence-electron chi connectivity index (χ2n) is 4.45. The molecule has 1 amide bonds. The van der Waals surface area contributed by atoms with Gasteiger partial charge in [-0.2, -0.15) is 0 Å². The van der Waals surface area contributed by atoms with E-state index in [1.54, 1.807) is 0 Å². The molecule has 1 atom stereocenters. The quantitative estimate of drug-likeness (QED) is 0.377. The molecule has 0 saturated heterocycles. The molecule has 0 aliphatic heterocycles. The fraction of sp³-hybridized carbons (Fsp3) is 0.308. The van der Waals surface area contributed by atoms with Crippen LogP contribution in [0.1, 0.15) is 19.3 Å². The zero-order valence-electron chi connectivity index (χ0n) is 10.2. The van der Waals surface area contributed by atoms with E-state index in [1.807, 2.05) is 12.2 Å². The Balaban J connectivity index is 2.11. The Morgan fingerprint density at radius 1 is 1.53 bits per heavy atom. The zero-order valence-corrected chi connectivity index (χ0v) is 10.2. The third-order valence-corrected chi connectivity index (χ3v) is 3.04. The molecule has 1 aliphatic carbocycles. The van der Waals surface area contributed by atoms with Crippen molar-refractivity contribution in [3.05, 3.63) is 40.5 Å². The van der Waals surface area contributed by atoms with Crippen LogP contribution in [-0.2, 0) is 4.79 Å². The maximum absolute atomic E-state index is 11.8. The van der Waals surface area contributed by atoms with E-state index < -0.39 is 4.92 Å². The number of phenolic OH excluding ortho intramolecular Hbond substituents is 1. The number of carbonyl (C=O) groups excluding carboxylic acids is 1. The largest absolute Gasteiger partial charge is 0.505 e. The van der Waals surface area contributed by atoms with Gasteiger partial charge in [0.15, 0.2) is 5.69 Å². The second-order valence-corrected chi connectivity index (χ2v) is 4.45. The molecule has 0 saturated carbocycles. The number of benzene rings is 1. The normalized spacial score (nSPS) is 17.4. The van der Waals surface area contributed by atoms with Crippen molar-refractivity contribution in [3.8, 4) is 5.75 Å². The van der Waals surface area contributed by atoms with Crippen LogP contribution in [0.15, 0.2) is 30.4 Å². The minimum Gasteiger partial charge on any atom is -0.505 e. The highest BCUT2D eigenvalue weighted by Crippen LogP contribution is 2.33. The molecular weight excluding hydrogens is 248 g/mol. The summed E-state index contributed by atoms with van der Waals surface area (Å²) in [6.45, 7) is 0. The molecule has 0 fully saturated rings. The lowest BCUT2D eigenvalue weighted by molar-refractivity contribution is -0.384. The standard InChI is InChI=1S/C13H14N2O4/c16-11-7-3-6-10(15(18)19)13(11)14-12(17)8-9-4-1-2-5-9/h1,3-4,6-7,9,16H,2,5,8H2,(H,14,17). The summed E-state index contributed by atoms with van der Waals surface area (Å²) >= 11 is 0. The van der Waals surface area contributed by atoms with Crippen LogP contribution in [0.4, 0.5) is 11.4 Å². The van der Waals surface area contributed by atoms with E-state index >= 15 is 0 Å². The van der Waals surface area contributed by atoms with Crippen LogP contribution in [0.5, 0.6) is 5.75 Å². The second kappa shape index (κ2) is 5.51. The predicted octanol–water partition coefficient (Wildman–Crippen LogP) is 2.60. The van der Waals surface area contributed by atoms with Crippen LogP contribution in [0.25, 0.3) is 0 Å². The molecule has 100 valence electrons. The number of allylic oxidation sites excluding steroid dienone is 2. The maximum atomic E-state index is 11.8. The van der Waals surface area contributed by atoms with Crippen molar-refractivity contribution >= 4 is 17.3 Å². The van der Waals surface area contributed by atoms with Gasteiger partial charge in [0.25, 0.3) is 5.69 Å². The fourth-order valence-corrected chi connectivity index (χ4v) is 2.10. The van der Waals surface area contributed by atoms with E-state index in [-0.39, 0.29) is 35.4 Å². The molecule has 0 heterocycles. The van der Waals surface area contributed by atoms with Crippen molar-refractivity contribution in [2.75, 3.05) is 5.32 Å². The zero-order chi connectivity index (χ0) is 13.8. The highest BCUT2D eigenvalue weighted by molar-refractivity contribution is 5.95. The number of phenols is 1. The van der Waals surface area contributed by atoms with Crippen LogP contribution < -0.4 is 5.32 Å². The molecule has 19 heavy (non-hydrogen) atoms. The molecular formula is C13H14N2O4. The number of nitro benzene ring substituents is 1. The summed E-state index contributed by atoms with van der Waals surface area (Å²) in [5.74, 6) is -0.462. The number of nitrogens with one attached hydrogen (secondary N) is 1. The first kappa shape index (κ1) is 13.1. The highest BCUT2D eigenvalue weighted by Gasteiger charge is 2.21. The summed E-state index contributed by atoms with van der Waals surface area (Å²) in [4.78, 5) is 22.0. The maximum Gasteiger partial charge on any atom is 0.296 e. The summed E-state index contributed by atoms with van der Waals surface area (Å²) in [6.07, 6.45) is 6.12. The van der Waals surface area contributed by atoms with Crippen molar-refractivity contribution in [1.82, 2.24) is 0 Å². The van der Waals surface area contributed by atoms with E-state index in [1.165, 1.54) is 18.2 Å². The minimum atomic E-state index is -0.634. The van der Waals surface area contributed by atoms with Crippen molar-refractivity contribution in [2.45, 2.75) is 19.3 Å². The van der Waals surface area contributed by atoms with E-state index in [2.05, 4.69) is 5.32 Å². The molecule has 2 rings (SSSR count). The SMILES string of the molecule is O=C(CC1C=CCC1)Nc1c(O)cccc1[N+](=O)[O-]. The first-order valence-electron chi connectivity index (χ1n) is 6.01. The van der Waals surface area contributed by atoms with Crippen molar-refractivity contribution in [2.24, 2.45) is 5.92 Å². The monoisotopic (exact) mass is 262 g/mol. The Morgan fingerprint density at radius 2 is 2.32 bits per heavy atom. The Kier molecular flexibility index (Phi) is 3.79. The van der Waals surface area contributed by atoms with Gasteiger partial charge in [0, 0.05) is 12.5 Å². The number of carbonyl (C=O) groups is 1. The van der Waals surface area contributed by atoms with Crippen LogP contribution in [0.2, 0.25) is 0 Å². The van der Waals surface area contributed by atoms with Gasteiger partial charge in [-0.05, 0) is 24.8 Å². The lowest BCUT2D eigenvalue weighted by atomic mass is 10.0. The Morgan fingerprint density at radius 3 is 2.95 bits per heavy atom. The Labute approximate surface area is 109 Å². The number of rotatable bonds is 4. The average Bonchev–Trinajstić information content (AvgIpc) is 2.84. The van der Waals surface area contributed by atoms with Gasteiger partial charge in [-0.1, -0.05) is 18.2 Å². The molecule has 1 unspecified atom stereocenters. The van der Waals surface area contributed by atoms with Crippen LogP contribution in [0, 0.1) is 16.0 Å². The van der Waals surface area contributed by atoms with E-state index in [0.717, 1.165) is 12.8 Å². The number of aromatic hydroxyl groups is 1. The number of nitrogens with zero attached hydrogens (tertiary/aromatic N) is 1. The van der Waals surface area contributed by atoms with Gasteiger partial charge in [-0.25, -0.2) is 0 Å². The van der Waals surface area contributed by atoms with Crippen molar-refractivity contribution in [3.63, 3.8) is 0 Å². The average molecular weight is 262 g/mol. The summed E-state index contributed by atoms with van der Waals surface area (Å²) in [6, 6.07) is 3.91. The molecule has 0 bridgehead atoms. The Bertz CT molecular complexity index is 539. The van der Waals surface area contributed by atoms with Gasteiger partial charge in [0.1, 0.15) is 5.75 Å². The summed E-state index contributed by atoms with van der Waals surface area (Å²) in [7, 11) is 0. The number of anilines is 1. The smallest absolute Gasteiger partial charge is 0.296 e. The molecule has 0 spiro atoms. The summed E-state index contributed by atoms with van der Waals surface area (Å²) in [5, 5.41) is 22.9. The van der Waals surface area contributed by atoms with E-state index in [4.69, 9.17) is 0 Å². The molecule has 2 N–H and O–H groups in total. The fourth-order valence-electron chi connectivity index (χ4n) is 2.10. The molecule has 1 aromatic rings. The molecule has 0 radical (unpaired) electrons. The van der Waals surface area contributed by atoms with Crippen LogP contribution in [-0.4, -0.2) is 15.9 Å². The van der Waals surface area contributed by atoms with Gasteiger partial charge < -0.3 is 10.4 Å². The topological polar surface area (TPSA) is 92.5 Å². The lowest BCUT2D eigenvalue weighted by Crippen LogP contribution is -2.15. The summed E-state index contributed by atoms with van der Waals surface area (Å²) in [5.41, 5.74) is -0.449. The number of para-hydroxylation sites is 1. The van der Waals surface area contributed by atoms with E-state index in [9.17, 15) is 20.0 Å². The number of amides is 1.